The van der Waals surface area contributed by atoms with E-state index >= 15 is 0 Å². The van der Waals surface area contributed by atoms with E-state index in [1.54, 1.807) is 0 Å². The standard InChI is InChI=1S/C22H25N5O/c1-14-6-11-19(15(2)12-14)21(28)24-17-7-9-18(10-8-17)25-22-23-16(3)13-20(26-22)27(4)5/h6-13H,1-5H3,(H,24,28)(H,23,25,26). The second-order valence-electron chi connectivity index (χ2n) is 7.06. The summed E-state index contributed by atoms with van der Waals surface area (Å²) in [5.41, 5.74) is 5.24. The van der Waals surface area contributed by atoms with Crippen LogP contribution in [0.2, 0.25) is 0 Å². The number of aryl methyl sites for hydroxylation is 3. The highest BCUT2D eigenvalue weighted by molar-refractivity contribution is 6.05. The molecule has 2 N–H and O–H groups in total. The fourth-order valence-corrected chi connectivity index (χ4v) is 2.87. The Balaban J connectivity index is 1.71. The predicted octanol–water partition coefficient (Wildman–Crippen LogP) is 4.46. The van der Waals surface area contributed by atoms with E-state index in [9.17, 15) is 4.79 Å². The minimum absolute atomic E-state index is 0.115. The average Bonchev–Trinajstić information content (AvgIpc) is 2.62. The van der Waals surface area contributed by atoms with Gasteiger partial charge in [-0.2, -0.15) is 4.98 Å². The molecule has 0 atom stereocenters. The smallest absolute Gasteiger partial charge is 0.255 e. The van der Waals surface area contributed by atoms with Gasteiger partial charge in [-0.1, -0.05) is 17.7 Å². The van der Waals surface area contributed by atoms with E-state index in [0.29, 0.717) is 11.5 Å². The lowest BCUT2D eigenvalue weighted by Gasteiger charge is -2.14. The van der Waals surface area contributed by atoms with Crippen molar-refractivity contribution >= 4 is 29.0 Å². The molecule has 1 heterocycles. The number of carbonyl (C=O) groups excluding carboxylic acids is 1. The Bertz CT molecular complexity index is 996. The monoisotopic (exact) mass is 375 g/mol. The Morgan fingerprint density at radius 1 is 0.893 bits per heavy atom. The van der Waals surface area contributed by atoms with Crippen molar-refractivity contribution in [2.45, 2.75) is 20.8 Å². The number of hydrogen-bond donors (Lipinski definition) is 2. The summed E-state index contributed by atoms with van der Waals surface area (Å²) in [5.74, 6) is 1.26. The normalized spacial score (nSPS) is 10.5. The van der Waals surface area contributed by atoms with Crippen molar-refractivity contribution in [3.8, 4) is 0 Å². The zero-order valence-corrected chi connectivity index (χ0v) is 16.9. The van der Waals surface area contributed by atoms with Crippen LogP contribution in [0.3, 0.4) is 0 Å². The van der Waals surface area contributed by atoms with Crippen LogP contribution in [0.25, 0.3) is 0 Å². The molecule has 144 valence electrons. The van der Waals surface area contributed by atoms with Crippen molar-refractivity contribution < 1.29 is 4.79 Å². The molecule has 0 fully saturated rings. The van der Waals surface area contributed by atoms with Gasteiger partial charge < -0.3 is 15.5 Å². The number of amides is 1. The Morgan fingerprint density at radius 2 is 1.57 bits per heavy atom. The Hall–Kier alpha value is -3.41. The van der Waals surface area contributed by atoms with Gasteiger partial charge in [0.15, 0.2) is 0 Å². The highest BCUT2D eigenvalue weighted by atomic mass is 16.1. The number of rotatable bonds is 5. The molecular formula is C22H25N5O. The van der Waals surface area contributed by atoms with Gasteiger partial charge in [-0.25, -0.2) is 4.98 Å². The molecule has 0 radical (unpaired) electrons. The van der Waals surface area contributed by atoms with Gasteiger partial charge in [0.05, 0.1) is 0 Å². The summed E-state index contributed by atoms with van der Waals surface area (Å²) in [7, 11) is 3.89. The quantitative estimate of drug-likeness (QED) is 0.689. The van der Waals surface area contributed by atoms with Crippen LogP contribution in [0.15, 0.2) is 48.5 Å². The van der Waals surface area contributed by atoms with Crippen molar-refractivity contribution in [2.75, 3.05) is 29.6 Å². The molecule has 0 spiro atoms. The van der Waals surface area contributed by atoms with Crippen LogP contribution in [-0.4, -0.2) is 30.0 Å². The van der Waals surface area contributed by atoms with Crippen LogP contribution in [0.1, 0.15) is 27.2 Å². The van der Waals surface area contributed by atoms with E-state index in [4.69, 9.17) is 0 Å². The largest absolute Gasteiger partial charge is 0.363 e. The van der Waals surface area contributed by atoms with Crippen LogP contribution in [0.4, 0.5) is 23.1 Å². The minimum Gasteiger partial charge on any atom is -0.363 e. The Morgan fingerprint density at radius 3 is 2.21 bits per heavy atom. The first-order chi connectivity index (χ1) is 13.3. The molecule has 0 saturated heterocycles. The molecule has 1 aromatic heterocycles. The number of carbonyl (C=O) groups is 1. The molecule has 0 bridgehead atoms. The average molecular weight is 375 g/mol. The summed E-state index contributed by atoms with van der Waals surface area (Å²) < 4.78 is 0. The second kappa shape index (κ2) is 8.08. The molecule has 3 rings (SSSR count). The summed E-state index contributed by atoms with van der Waals surface area (Å²) in [6.45, 7) is 5.89. The van der Waals surface area contributed by atoms with Gasteiger partial charge in [-0.05, 0) is 56.7 Å². The van der Waals surface area contributed by atoms with Crippen molar-refractivity contribution in [3.63, 3.8) is 0 Å². The number of nitrogens with one attached hydrogen (secondary N) is 2. The Kier molecular flexibility index (Phi) is 5.59. The van der Waals surface area contributed by atoms with Crippen LogP contribution in [0.5, 0.6) is 0 Å². The van der Waals surface area contributed by atoms with Gasteiger partial charge in [-0.15, -0.1) is 0 Å². The molecule has 3 aromatic rings. The van der Waals surface area contributed by atoms with E-state index in [0.717, 1.165) is 34.0 Å². The van der Waals surface area contributed by atoms with Gasteiger partial charge in [0.2, 0.25) is 5.95 Å². The maximum atomic E-state index is 12.5. The van der Waals surface area contributed by atoms with E-state index in [2.05, 4.69) is 20.6 Å². The molecule has 28 heavy (non-hydrogen) atoms. The van der Waals surface area contributed by atoms with Gasteiger partial charge >= 0.3 is 0 Å². The van der Waals surface area contributed by atoms with E-state index < -0.39 is 0 Å². The van der Waals surface area contributed by atoms with Crippen molar-refractivity contribution in [1.82, 2.24) is 9.97 Å². The van der Waals surface area contributed by atoms with E-state index in [1.165, 1.54) is 0 Å². The zero-order chi connectivity index (χ0) is 20.3. The fraction of sp³-hybridized carbons (Fsp3) is 0.227. The molecule has 6 nitrogen and oxygen atoms in total. The summed E-state index contributed by atoms with van der Waals surface area (Å²) in [4.78, 5) is 23.4. The summed E-state index contributed by atoms with van der Waals surface area (Å²) in [6.07, 6.45) is 0. The molecule has 0 unspecified atom stereocenters. The van der Waals surface area contributed by atoms with Crippen LogP contribution in [0, 0.1) is 20.8 Å². The molecule has 1 amide bonds. The van der Waals surface area contributed by atoms with Crippen molar-refractivity contribution in [2.24, 2.45) is 0 Å². The zero-order valence-electron chi connectivity index (χ0n) is 16.9. The lowest BCUT2D eigenvalue weighted by molar-refractivity contribution is 0.102. The predicted molar refractivity (Wildman–Crippen MR) is 115 cm³/mol. The van der Waals surface area contributed by atoms with E-state index in [1.807, 2.05) is 88.3 Å². The molecule has 0 aliphatic rings. The molecule has 6 heteroatoms. The summed E-state index contributed by atoms with van der Waals surface area (Å²) in [5, 5.41) is 6.14. The van der Waals surface area contributed by atoms with E-state index in [-0.39, 0.29) is 5.91 Å². The molecule has 0 aliphatic heterocycles. The maximum absolute atomic E-state index is 12.5. The third-order valence-electron chi connectivity index (χ3n) is 4.32. The SMILES string of the molecule is Cc1ccc(C(=O)Nc2ccc(Nc3nc(C)cc(N(C)C)n3)cc2)c(C)c1. The highest BCUT2D eigenvalue weighted by Crippen LogP contribution is 2.20. The fourth-order valence-electron chi connectivity index (χ4n) is 2.87. The molecular weight excluding hydrogens is 350 g/mol. The van der Waals surface area contributed by atoms with Gasteiger partial charge in [0.25, 0.3) is 5.91 Å². The van der Waals surface area contributed by atoms with Crippen LogP contribution in [-0.2, 0) is 0 Å². The topological polar surface area (TPSA) is 70.2 Å². The number of anilines is 4. The summed E-state index contributed by atoms with van der Waals surface area (Å²) >= 11 is 0. The maximum Gasteiger partial charge on any atom is 0.255 e. The first-order valence-corrected chi connectivity index (χ1v) is 9.10. The molecule has 2 aromatic carbocycles. The molecule has 0 aliphatic carbocycles. The third-order valence-corrected chi connectivity index (χ3v) is 4.32. The lowest BCUT2D eigenvalue weighted by Crippen LogP contribution is -2.13. The van der Waals surface area contributed by atoms with Crippen LogP contribution >= 0.6 is 0 Å². The van der Waals surface area contributed by atoms with Crippen molar-refractivity contribution in [1.29, 1.82) is 0 Å². The highest BCUT2D eigenvalue weighted by Gasteiger charge is 2.10. The number of hydrogen-bond acceptors (Lipinski definition) is 5. The second-order valence-corrected chi connectivity index (χ2v) is 7.06. The van der Waals surface area contributed by atoms with Crippen molar-refractivity contribution in [3.05, 3.63) is 70.9 Å². The Labute approximate surface area is 165 Å². The number of aromatic nitrogens is 2. The summed E-state index contributed by atoms with van der Waals surface area (Å²) in [6, 6.07) is 15.2. The third kappa shape index (κ3) is 4.65. The van der Waals surface area contributed by atoms with Gasteiger partial charge in [0.1, 0.15) is 5.82 Å². The first kappa shape index (κ1) is 19.4. The van der Waals surface area contributed by atoms with Gasteiger partial charge in [0, 0.05) is 42.8 Å². The number of benzene rings is 2. The lowest BCUT2D eigenvalue weighted by atomic mass is 10.1. The number of nitrogens with zero attached hydrogens (tertiary/aromatic N) is 3. The van der Waals surface area contributed by atoms with Crippen LogP contribution < -0.4 is 15.5 Å². The van der Waals surface area contributed by atoms with Gasteiger partial charge in [-0.3, -0.25) is 4.79 Å². The first-order valence-electron chi connectivity index (χ1n) is 9.10. The molecule has 0 saturated carbocycles. The minimum atomic E-state index is -0.115.